The monoisotopic (exact) mass is 558 g/mol. The maximum absolute atomic E-state index is 13.7. The molecule has 0 fully saturated rings. The van der Waals surface area contributed by atoms with Crippen LogP contribution in [0, 0.1) is 5.82 Å². The fourth-order valence-corrected chi connectivity index (χ4v) is 3.79. The van der Waals surface area contributed by atoms with Crippen LogP contribution in [0.4, 0.5) is 4.39 Å². The van der Waals surface area contributed by atoms with Gasteiger partial charge in [-0.25, -0.2) is 17.8 Å². The zero-order valence-electron chi connectivity index (χ0n) is 17.1. The molecule has 0 radical (unpaired) electrons. The summed E-state index contributed by atoms with van der Waals surface area (Å²) in [7, 11) is -1.61. The van der Waals surface area contributed by atoms with Gasteiger partial charge in [-0.3, -0.25) is 10.1 Å². The van der Waals surface area contributed by atoms with Crippen molar-refractivity contribution < 1.29 is 12.8 Å². The molecule has 0 aliphatic heterocycles. The zero-order valence-corrected chi connectivity index (χ0v) is 20.2. The van der Waals surface area contributed by atoms with E-state index in [2.05, 4.69) is 30.8 Å². The Morgan fingerprint density at radius 2 is 1.90 bits per heavy atom. The van der Waals surface area contributed by atoms with Gasteiger partial charge in [-0.15, -0.1) is 24.0 Å². The van der Waals surface area contributed by atoms with Crippen LogP contribution in [0.15, 0.2) is 53.8 Å². The van der Waals surface area contributed by atoms with Crippen LogP contribution >= 0.6 is 24.0 Å². The summed E-state index contributed by atoms with van der Waals surface area (Å²) in [5.74, 6) is 0.625. The third-order valence-corrected chi connectivity index (χ3v) is 5.17. The summed E-state index contributed by atoms with van der Waals surface area (Å²) in [6, 6.07) is 11.9. The normalized spacial score (nSPS) is 11.6. The molecule has 0 bridgehead atoms. The van der Waals surface area contributed by atoms with Crippen LogP contribution in [-0.4, -0.2) is 42.9 Å². The van der Waals surface area contributed by atoms with Crippen molar-refractivity contribution in [3.8, 4) is 11.4 Å². The fourth-order valence-electron chi connectivity index (χ4n) is 2.94. The van der Waals surface area contributed by atoms with E-state index in [-0.39, 0.29) is 36.3 Å². The maximum atomic E-state index is 13.7. The predicted octanol–water partition coefficient (Wildman–Crippen LogP) is 2.64. The number of nitrogens with zero attached hydrogens (tertiary/aromatic N) is 3. The first-order chi connectivity index (χ1) is 14.3. The highest BCUT2D eigenvalue weighted by molar-refractivity contribution is 14.0. The molecular weight excluding hydrogens is 534 g/mol. The van der Waals surface area contributed by atoms with Gasteiger partial charge in [0.1, 0.15) is 12.1 Å². The van der Waals surface area contributed by atoms with E-state index >= 15 is 0 Å². The van der Waals surface area contributed by atoms with Crippen LogP contribution in [0.1, 0.15) is 16.7 Å². The Labute approximate surface area is 197 Å². The minimum absolute atomic E-state index is 0. The number of nitrogens with one attached hydrogen (secondary N) is 3. The molecule has 0 amide bonds. The topological polar surface area (TPSA) is 112 Å². The Morgan fingerprint density at radius 3 is 2.58 bits per heavy atom. The fraction of sp³-hybridized carbons (Fsp3) is 0.250. The maximum Gasteiger partial charge on any atom is 0.191 e. The minimum atomic E-state index is -3.23. The average molecular weight is 558 g/mol. The van der Waals surface area contributed by atoms with Crippen molar-refractivity contribution in [2.75, 3.05) is 13.3 Å². The van der Waals surface area contributed by atoms with Crippen LogP contribution < -0.4 is 10.6 Å². The number of H-pyrrole nitrogens is 1. The minimum Gasteiger partial charge on any atom is -0.352 e. The lowest BCUT2D eigenvalue weighted by Gasteiger charge is -2.14. The lowest BCUT2D eigenvalue weighted by atomic mass is 10.1. The van der Waals surface area contributed by atoms with E-state index < -0.39 is 15.7 Å². The number of halogens is 2. The number of aromatic amines is 1. The van der Waals surface area contributed by atoms with Gasteiger partial charge in [0.15, 0.2) is 21.6 Å². The van der Waals surface area contributed by atoms with Crippen molar-refractivity contribution in [2.45, 2.75) is 18.8 Å². The molecule has 0 saturated carbocycles. The van der Waals surface area contributed by atoms with Gasteiger partial charge in [0, 0.05) is 32.0 Å². The molecule has 11 heteroatoms. The van der Waals surface area contributed by atoms with Crippen LogP contribution in [0.3, 0.4) is 0 Å². The summed E-state index contributed by atoms with van der Waals surface area (Å²) >= 11 is 0. The number of hydrogen-bond acceptors (Lipinski definition) is 5. The number of aliphatic imine (C=N–C) groups is 1. The smallest absolute Gasteiger partial charge is 0.191 e. The van der Waals surface area contributed by atoms with Crippen LogP contribution in [0.25, 0.3) is 11.4 Å². The van der Waals surface area contributed by atoms with Gasteiger partial charge in [-0.2, -0.15) is 5.10 Å². The van der Waals surface area contributed by atoms with Gasteiger partial charge in [-0.1, -0.05) is 24.3 Å². The molecule has 8 nitrogen and oxygen atoms in total. The Morgan fingerprint density at radius 1 is 1.13 bits per heavy atom. The number of benzene rings is 2. The summed E-state index contributed by atoms with van der Waals surface area (Å²) in [6.45, 7) is 0.737. The van der Waals surface area contributed by atoms with E-state index in [4.69, 9.17) is 0 Å². The highest BCUT2D eigenvalue weighted by atomic mass is 127. The second-order valence-corrected chi connectivity index (χ2v) is 8.94. The highest BCUT2D eigenvalue weighted by Crippen LogP contribution is 2.16. The molecule has 31 heavy (non-hydrogen) atoms. The molecule has 3 rings (SSSR count). The largest absolute Gasteiger partial charge is 0.352 e. The summed E-state index contributed by atoms with van der Waals surface area (Å²) in [5.41, 5.74) is 3.05. The lowest BCUT2D eigenvalue weighted by Crippen LogP contribution is -2.36. The molecule has 3 N–H and O–H groups in total. The predicted molar refractivity (Wildman–Crippen MR) is 129 cm³/mol. The molecule has 0 aliphatic carbocycles. The van der Waals surface area contributed by atoms with Crippen molar-refractivity contribution >= 4 is 39.8 Å². The van der Waals surface area contributed by atoms with E-state index in [0.29, 0.717) is 29.5 Å². The van der Waals surface area contributed by atoms with Gasteiger partial charge < -0.3 is 10.6 Å². The second-order valence-electron chi connectivity index (χ2n) is 6.80. The number of aromatic nitrogens is 3. The SMILES string of the molecule is CN=C(NCc1cccc(-c2ncn[nH]2)c1)NCc1cc(F)ccc1CS(C)(=O)=O.I. The molecule has 0 aliphatic rings. The standard InChI is InChI=1S/C20H23FN6O2S.HI/c1-22-20(23-10-14-4-3-5-15(8-14)19-25-13-26-27-19)24-11-17-9-18(21)7-6-16(17)12-30(2,28)29;/h3-9,13H,10-12H2,1-2H3,(H2,22,23,24)(H,25,26,27);1H. The van der Waals surface area contributed by atoms with Crippen molar-refractivity contribution in [3.05, 3.63) is 71.3 Å². The lowest BCUT2D eigenvalue weighted by molar-refractivity contribution is 0.599. The molecular formula is C20H24FIN6O2S. The van der Waals surface area contributed by atoms with Gasteiger partial charge in [0.2, 0.25) is 0 Å². The number of guanidine groups is 1. The van der Waals surface area contributed by atoms with Gasteiger partial charge in [0.05, 0.1) is 5.75 Å². The molecule has 1 aromatic heterocycles. The summed E-state index contributed by atoms with van der Waals surface area (Å²) in [4.78, 5) is 8.32. The van der Waals surface area contributed by atoms with Gasteiger partial charge in [-0.05, 0) is 34.9 Å². The van der Waals surface area contributed by atoms with E-state index in [1.165, 1.54) is 24.5 Å². The van der Waals surface area contributed by atoms with E-state index in [0.717, 1.165) is 17.4 Å². The number of hydrogen-bond donors (Lipinski definition) is 3. The molecule has 0 saturated heterocycles. The van der Waals surface area contributed by atoms with Gasteiger partial charge in [0.25, 0.3) is 0 Å². The van der Waals surface area contributed by atoms with E-state index in [1.54, 1.807) is 7.05 Å². The highest BCUT2D eigenvalue weighted by Gasteiger charge is 2.11. The van der Waals surface area contributed by atoms with Gasteiger partial charge >= 0.3 is 0 Å². The first-order valence-electron chi connectivity index (χ1n) is 9.18. The Kier molecular flexibility index (Phi) is 8.92. The number of rotatable bonds is 7. The third-order valence-electron chi connectivity index (χ3n) is 4.33. The zero-order chi connectivity index (χ0) is 21.6. The summed E-state index contributed by atoms with van der Waals surface area (Å²) in [6.07, 6.45) is 2.61. The first-order valence-corrected chi connectivity index (χ1v) is 11.2. The van der Waals surface area contributed by atoms with Crippen LogP contribution in [-0.2, 0) is 28.7 Å². The molecule has 0 unspecified atom stereocenters. The Balaban J connectivity index is 0.00000341. The van der Waals surface area contributed by atoms with Crippen LogP contribution in [0.2, 0.25) is 0 Å². The average Bonchev–Trinajstić information content (AvgIpc) is 3.24. The number of sulfone groups is 1. The Hall–Kier alpha value is -2.54. The van der Waals surface area contributed by atoms with E-state index in [1.807, 2.05) is 24.3 Å². The summed E-state index contributed by atoms with van der Waals surface area (Å²) < 4.78 is 37.0. The Bertz CT molecular complexity index is 1140. The van der Waals surface area contributed by atoms with Crippen molar-refractivity contribution in [2.24, 2.45) is 4.99 Å². The van der Waals surface area contributed by atoms with E-state index in [9.17, 15) is 12.8 Å². The first kappa shape index (κ1) is 24.7. The third kappa shape index (κ3) is 7.58. The van der Waals surface area contributed by atoms with Crippen molar-refractivity contribution in [3.63, 3.8) is 0 Å². The van der Waals surface area contributed by atoms with Crippen molar-refractivity contribution in [1.82, 2.24) is 25.8 Å². The van der Waals surface area contributed by atoms with Crippen LogP contribution in [0.5, 0.6) is 0 Å². The molecule has 1 heterocycles. The molecule has 3 aromatic rings. The summed E-state index contributed by atoms with van der Waals surface area (Å²) in [5, 5.41) is 13.0. The second kappa shape index (κ2) is 11.2. The van der Waals surface area contributed by atoms with Crippen molar-refractivity contribution in [1.29, 1.82) is 0 Å². The molecule has 0 spiro atoms. The molecule has 2 aromatic carbocycles. The molecule has 0 atom stereocenters. The molecule has 166 valence electrons. The quantitative estimate of drug-likeness (QED) is 0.234.